The first kappa shape index (κ1) is 16.4. The van der Waals surface area contributed by atoms with E-state index in [1.807, 2.05) is 30.3 Å². The number of halogens is 1. The van der Waals surface area contributed by atoms with Gasteiger partial charge in [0.2, 0.25) is 5.91 Å². The van der Waals surface area contributed by atoms with Crippen LogP contribution in [0.3, 0.4) is 0 Å². The van der Waals surface area contributed by atoms with Crippen molar-refractivity contribution < 1.29 is 4.79 Å². The fraction of sp³-hybridized carbons (Fsp3) is 0.263. The van der Waals surface area contributed by atoms with Crippen LogP contribution in [0, 0.1) is 5.92 Å². The van der Waals surface area contributed by atoms with Crippen LogP contribution in [-0.2, 0) is 4.79 Å². The number of carbonyl (C=O) groups is 1. The highest BCUT2D eigenvalue weighted by Crippen LogP contribution is 2.31. The van der Waals surface area contributed by atoms with Crippen LogP contribution >= 0.6 is 22.9 Å². The van der Waals surface area contributed by atoms with E-state index in [2.05, 4.69) is 16.3 Å². The SMILES string of the molecule is O=C(Nc1ccc(Cl)cc1)C1CCN(c2nc3ccccc3s2)CC1. The van der Waals surface area contributed by atoms with Crippen LogP contribution in [0.15, 0.2) is 48.5 Å². The summed E-state index contributed by atoms with van der Waals surface area (Å²) in [6, 6.07) is 15.4. The van der Waals surface area contributed by atoms with Gasteiger partial charge in [-0.2, -0.15) is 0 Å². The Labute approximate surface area is 155 Å². The molecule has 0 bridgehead atoms. The number of amides is 1. The Morgan fingerprint density at radius 1 is 1.12 bits per heavy atom. The van der Waals surface area contributed by atoms with E-state index in [0.29, 0.717) is 5.02 Å². The maximum absolute atomic E-state index is 12.5. The van der Waals surface area contributed by atoms with E-state index in [-0.39, 0.29) is 11.8 Å². The summed E-state index contributed by atoms with van der Waals surface area (Å²) in [5.41, 5.74) is 1.84. The molecule has 1 aromatic heterocycles. The summed E-state index contributed by atoms with van der Waals surface area (Å²) in [6.07, 6.45) is 1.69. The summed E-state index contributed by atoms with van der Waals surface area (Å²) < 4.78 is 1.21. The lowest BCUT2D eigenvalue weighted by molar-refractivity contribution is -0.120. The number of aromatic nitrogens is 1. The molecule has 1 amide bonds. The van der Waals surface area contributed by atoms with Gasteiger partial charge in [-0.1, -0.05) is 35.1 Å². The van der Waals surface area contributed by atoms with E-state index in [9.17, 15) is 4.79 Å². The molecule has 0 atom stereocenters. The van der Waals surface area contributed by atoms with E-state index in [1.54, 1.807) is 23.5 Å². The topological polar surface area (TPSA) is 45.2 Å². The van der Waals surface area contributed by atoms with Crippen molar-refractivity contribution in [2.24, 2.45) is 5.92 Å². The van der Waals surface area contributed by atoms with Gasteiger partial charge in [0.25, 0.3) is 0 Å². The molecule has 1 fully saturated rings. The monoisotopic (exact) mass is 371 g/mol. The third-order valence-electron chi connectivity index (χ3n) is 4.53. The van der Waals surface area contributed by atoms with Gasteiger partial charge < -0.3 is 10.2 Å². The maximum Gasteiger partial charge on any atom is 0.227 e. The number of carbonyl (C=O) groups excluding carboxylic acids is 1. The normalized spacial score (nSPS) is 15.5. The van der Waals surface area contributed by atoms with Gasteiger partial charge in [-0.15, -0.1) is 0 Å². The van der Waals surface area contributed by atoms with Gasteiger partial charge >= 0.3 is 0 Å². The lowest BCUT2D eigenvalue weighted by atomic mass is 9.96. The number of anilines is 2. The van der Waals surface area contributed by atoms with Crippen LogP contribution in [-0.4, -0.2) is 24.0 Å². The summed E-state index contributed by atoms with van der Waals surface area (Å²) in [5, 5.41) is 4.71. The summed E-state index contributed by atoms with van der Waals surface area (Å²) in [7, 11) is 0. The third kappa shape index (κ3) is 3.62. The smallest absolute Gasteiger partial charge is 0.227 e. The first-order chi connectivity index (χ1) is 12.2. The number of piperidine rings is 1. The zero-order chi connectivity index (χ0) is 17.2. The molecule has 0 unspecified atom stereocenters. The van der Waals surface area contributed by atoms with E-state index in [0.717, 1.165) is 42.3 Å². The van der Waals surface area contributed by atoms with Crippen LogP contribution in [0.5, 0.6) is 0 Å². The molecule has 0 aliphatic carbocycles. The maximum atomic E-state index is 12.5. The van der Waals surface area contributed by atoms with Gasteiger partial charge in [0.15, 0.2) is 5.13 Å². The molecule has 0 radical (unpaired) electrons. The molecule has 1 saturated heterocycles. The molecule has 2 heterocycles. The van der Waals surface area contributed by atoms with Crippen LogP contribution in [0.25, 0.3) is 10.2 Å². The number of nitrogens with zero attached hydrogens (tertiary/aromatic N) is 2. The molecule has 6 heteroatoms. The summed E-state index contributed by atoms with van der Waals surface area (Å²) in [6.45, 7) is 1.72. The van der Waals surface area contributed by atoms with Crippen molar-refractivity contribution in [2.45, 2.75) is 12.8 Å². The summed E-state index contributed by atoms with van der Waals surface area (Å²) in [5.74, 6) is 0.132. The third-order valence-corrected chi connectivity index (χ3v) is 5.88. The van der Waals surface area contributed by atoms with Crippen LogP contribution in [0.4, 0.5) is 10.8 Å². The van der Waals surface area contributed by atoms with Crippen LogP contribution < -0.4 is 10.2 Å². The lowest BCUT2D eigenvalue weighted by Gasteiger charge is -2.31. The fourth-order valence-corrected chi connectivity index (χ4v) is 4.25. The van der Waals surface area contributed by atoms with Crippen molar-refractivity contribution in [3.05, 3.63) is 53.6 Å². The number of para-hydroxylation sites is 1. The Morgan fingerprint density at radius 3 is 2.56 bits per heavy atom. The molecule has 1 N–H and O–H groups in total. The minimum absolute atomic E-state index is 0.0429. The van der Waals surface area contributed by atoms with Crippen molar-refractivity contribution in [3.8, 4) is 0 Å². The van der Waals surface area contributed by atoms with Gasteiger partial charge in [0.05, 0.1) is 10.2 Å². The Balaban J connectivity index is 1.37. The van der Waals surface area contributed by atoms with E-state index < -0.39 is 0 Å². The largest absolute Gasteiger partial charge is 0.348 e. The van der Waals surface area contributed by atoms with Gasteiger partial charge in [0, 0.05) is 29.7 Å². The van der Waals surface area contributed by atoms with E-state index >= 15 is 0 Å². The predicted octanol–water partition coefficient (Wildman–Crippen LogP) is 4.80. The molecule has 4 nitrogen and oxygen atoms in total. The zero-order valence-corrected chi connectivity index (χ0v) is 15.2. The number of thiazole rings is 1. The standard InChI is InChI=1S/C19H18ClN3OS/c20-14-5-7-15(8-6-14)21-18(24)13-9-11-23(12-10-13)19-22-16-3-1-2-4-17(16)25-19/h1-8,13H,9-12H2,(H,21,24). The second-order valence-corrected chi connectivity index (χ2v) is 7.67. The molecule has 3 aromatic rings. The number of benzene rings is 2. The van der Waals surface area contributed by atoms with Gasteiger partial charge in [0.1, 0.15) is 0 Å². The second-order valence-electron chi connectivity index (χ2n) is 6.22. The zero-order valence-electron chi connectivity index (χ0n) is 13.6. The highest BCUT2D eigenvalue weighted by atomic mass is 35.5. The molecular weight excluding hydrogens is 354 g/mol. The van der Waals surface area contributed by atoms with Crippen molar-refractivity contribution in [1.82, 2.24) is 4.98 Å². The first-order valence-electron chi connectivity index (χ1n) is 8.36. The number of nitrogens with one attached hydrogen (secondary N) is 1. The quantitative estimate of drug-likeness (QED) is 0.718. The van der Waals surface area contributed by atoms with Gasteiger partial charge in [-0.05, 0) is 49.2 Å². The number of rotatable bonds is 3. The molecule has 25 heavy (non-hydrogen) atoms. The molecular formula is C19H18ClN3OS. The second kappa shape index (κ2) is 7.02. The molecule has 4 rings (SSSR count). The Morgan fingerprint density at radius 2 is 1.84 bits per heavy atom. The Hall–Kier alpha value is -2.11. The average molecular weight is 372 g/mol. The van der Waals surface area contributed by atoms with Crippen molar-refractivity contribution >= 4 is 49.9 Å². The fourth-order valence-electron chi connectivity index (χ4n) is 3.11. The molecule has 128 valence electrons. The predicted molar refractivity (Wildman–Crippen MR) is 105 cm³/mol. The molecule has 0 saturated carbocycles. The summed E-state index contributed by atoms with van der Waals surface area (Å²) >= 11 is 7.60. The minimum atomic E-state index is 0.0429. The molecule has 2 aromatic carbocycles. The van der Waals surface area contributed by atoms with E-state index in [4.69, 9.17) is 16.6 Å². The molecule has 1 aliphatic heterocycles. The van der Waals surface area contributed by atoms with Gasteiger partial charge in [-0.3, -0.25) is 4.79 Å². The highest BCUT2D eigenvalue weighted by Gasteiger charge is 2.26. The van der Waals surface area contributed by atoms with Gasteiger partial charge in [-0.25, -0.2) is 4.98 Å². The Bertz CT molecular complexity index is 852. The number of hydrogen-bond donors (Lipinski definition) is 1. The number of fused-ring (bicyclic) bond motifs is 1. The number of hydrogen-bond acceptors (Lipinski definition) is 4. The van der Waals surface area contributed by atoms with Crippen LogP contribution in [0.1, 0.15) is 12.8 Å². The van der Waals surface area contributed by atoms with Crippen molar-refractivity contribution in [3.63, 3.8) is 0 Å². The Kier molecular flexibility index (Phi) is 4.59. The lowest BCUT2D eigenvalue weighted by Crippen LogP contribution is -2.38. The van der Waals surface area contributed by atoms with Crippen molar-refractivity contribution in [2.75, 3.05) is 23.3 Å². The first-order valence-corrected chi connectivity index (χ1v) is 9.55. The molecule has 0 spiro atoms. The average Bonchev–Trinajstić information content (AvgIpc) is 3.08. The molecule has 1 aliphatic rings. The van der Waals surface area contributed by atoms with Crippen LogP contribution in [0.2, 0.25) is 5.02 Å². The van der Waals surface area contributed by atoms with E-state index in [1.165, 1.54) is 4.70 Å². The minimum Gasteiger partial charge on any atom is -0.348 e. The highest BCUT2D eigenvalue weighted by molar-refractivity contribution is 7.22. The summed E-state index contributed by atoms with van der Waals surface area (Å²) in [4.78, 5) is 19.5. The van der Waals surface area contributed by atoms with Crippen molar-refractivity contribution in [1.29, 1.82) is 0 Å².